The smallest absolute Gasteiger partial charge is 0.309 e. The van der Waals surface area contributed by atoms with Crippen LogP contribution in [0, 0.1) is 11.3 Å². The van der Waals surface area contributed by atoms with Crippen LogP contribution in [0.4, 0.5) is 0 Å². The lowest BCUT2D eigenvalue weighted by atomic mass is 9.75. The molecule has 0 aliphatic heterocycles. The molecule has 2 atom stereocenters. The van der Waals surface area contributed by atoms with Gasteiger partial charge in [-0.15, -0.1) is 0 Å². The van der Waals surface area contributed by atoms with Crippen LogP contribution < -0.4 is 0 Å². The van der Waals surface area contributed by atoms with Crippen molar-refractivity contribution >= 4 is 16.7 Å². The van der Waals surface area contributed by atoms with Gasteiger partial charge >= 0.3 is 5.97 Å². The Balaban J connectivity index is 3.34. The molecule has 0 amide bonds. The number of rotatable bonds is 4. The van der Waals surface area contributed by atoms with Gasteiger partial charge in [-0.05, 0) is 51.2 Å². The van der Waals surface area contributed by atoms with Gasteiger partial charge in [-0.25, -0.2) is 8.42 Å². The average molecular weight is 312 g/mol. The lowest BCUT2D eigenvalue weighted by Crippen LogP contribution is -2.32. The van der Waals surface area contributed by atoms with Gasteiger partial charge in [0, 0.05) is 0 Å². The van der Waals surface area contributed by atoms with Gasteiger partial charge in [0.2, 0.25) is 0 Å². The first kappa shape index (κ1) is 17.7. The van der Waals surface area contributed by atoms with Crippen LogP contribution in [0.3, 0.4) is 0 Å². The van der Waals surface area contributed by atoms with Crippen molar-refractivity contribution < 1.29 is 18.3 Å². The van der Waals surface area contributed by atoms with Crippen LogP contribution in [0.15, 0.2) is 34.9 Å². The lowest BCUT2D eigenvalue weighted by Gasteiger charge is -2.33. The second kappa shape index (κ2) is 6.60. The SMILES string of the molecule is C/C=C1/C=C(CC(C)(C)C(=O)O)[C@@H](C)C([SH](=O)=O)/C1=C/C. The highest BCUT2D eigenvalue weighted by Gasteiger charge is 2.36. The Morgan fingerprint density at radius 2 is 1.90 bits per heavy atom. The first-order valence-corrected chi connectivity index (χ1v) is 8.30. The van der Waals surface area contributed by atoms with E-state index in [1.165, 1.54) is 0 Å². The summed E-state index contributed by atoms with van der Waals surface area (Å²) < 4.78 is 23.3. The minimum Gasteiger partial charge on any atom is -0.481 e. The number of carboxylic acid groups (broad SMARTS) is 1. The summed E-state index contributed by atoms with van der Waals surface area (Å²) in [6.45, 7) is 8.87. The van der Waals surface area contributed by atoms with Crippen LogP contribution in [0.2, 0.25) is 0 Å². The Kier molecular flexibility index (Phi) is 5.56. The monoisotopic (exact) mass is 312 g/mol. The fourth-order valence-electron chi connectivity index (χ4n) is 2.74. The molecule has 0 spiro atoms. The predicted molar refractivity (Wildman–Crippen MR) is 84.9 cm³/mol. The molecule has 1 aliphatic rings. The van der Waals surface area contributed by atoms with Crippen molar-refractivity contribution in [2.45, 2.75) is 46.3 Å². The maximum absolute atomic E-state index is 11.7. The van der Waals surface area contributed by atoms with Crippen LogP contribution in [0.1, 0.15) is 41.0 Å². The molecule has 1 N–H and O–H groups in total. The van der Waals surface area contributed by atoms with Crippen LogP contribution in [-0.4, -0.2) is 24.7 Å². The quantitative estimate of drug-likeness (QED) is 0.783. The molecule has 1 aliphatic carbocycles. The van der Waals surface area contributed by atoms with E-state index < -0.39 is 27.3 Å². The maximum Gasteiger partial charge on any atom is 0.309 e. The maximum atomic E-state index is 11.7. The number of hydrogen-bond acceptors (Lipinski definition) is 3. The minimum atomic E-state index is -2.62. The molecule has 0 bridgehead atoms. The van der Waals surface area contributed by atoms with Crippen molar-refractivity contribution in [1.29, 1.82) is 0 Å². The average Bonchev–Trinajstić information content (AvgIpc) is 2.39. The third-order valence-electron chi connectivity index (χ3n) is 4.13. The molecular formula is C16H24O4S. The van der Waals surface area contributed by atoms with Crippen molar-refractivity contribution in [2.75, 3.05) is 0 Å². The lowest BCUT2D eigenvalue weighted by molar-refractivity contribution is -0.146. The topological polar surface area (TPSA) is 71.4 Å². The molecule has 0 aromatic heterocycles. The Morgan fingerprint density at radius 1 is 1.33 bits per heavy atom. The van der Waals surface area contributed by atoms with Crippen LogP contribution in [-0.2, 0) is 15.5 Å². The number of allylic oxidation sites excluding steroid dienone is 5. The zero-order valence-electron chi connectivity index (χ0n) is 13.2. The Bertz CT molecular complexity index is 583. The largest absolute Gasteiger partial charge is 0.481 e. The molecule has 0 saturated carbocycles. The van der Waals surface area contributed by atoms with E-state index >= 15 is 0 Å². The molecule has 0 aromatic rings. The Labute approximate surface area is 128 Å². The van der Waals surface area contributed by atoms with E-state index in [-0.39, 0.29) is 5.92 Å². The summed E-state index contributed by atoms with van der Waals surface area (Å²) in [7, 11) is -2.62. The molecule has 118 valence electrons. The van der Waals surface area contributed by atoms with Crippen LogP contribution in [0.5, 0.6) is 0 Å². The highest BCUT2D eigenvalue weighted by molar-refractivity contribution is 7.73. The minimum absolute atomic E-state index is 0.209. The normalized spacial score (nSPS) is 27.2. The number of carbonyl (C=O) groups is 1. The molecule has 0 saturated heterocycles. The standard InChI is InChI=1S/C16H24O4S/c1-6-11-8-12(9-16(4,5)15(17)18)10(3)14(21(19)20)13(11)7-2/h6-8,10,14,21H,9H2,1-5H3,(H,17,18)/b11-6-,13-7+/t10-,14?/m1/s1. The van der Waals surface area contributed by atoms with Crippen molar-refractivity contribution in [2.24, 2.45) is 11.3 Å². The van der Waals surface area contributed by atoms with Crippen LogP contribution >= 0.6 is 0 Å². The summed E-state index contributed by atoms with van der Waals surface area (Å²) in [5.41, 5.74) is 1.64. The molecular weight excluding hydrogens is 288 g/mol. The molecule has 0 aromatic carbocycles. The van der Waals surface area contributed by atoms with Gasteiger partial charge < -0.3 is 5.11 Å². The Hall–Kier alpha value is -1.36. The number of hydrogen-bond donors (Lipinski definition) is 2. The van der Waals surface area contributed by atoms with Gasteiger partial charge in [-0.3, -0.25) is 4.79 Å². The van der Waals surface area contributed by atoms with Crippen molar-refractivity contribution in [1.82, 2.24) is 0 Å². The molecule has 5 heteroatoms. The Morgan fingerprint density at radius 3 is 2.29 bits per heavy atom. The molecule has 1 unspecified atom stereocenters. The fraction of sp³-hybridized carbons (Fsp3) is 0.562. The van der Waals surface area contributed by atoms with E-state index in [1.807, 2.05) is 39.0 Å². The zero-order valence-corrected chi connectivity index (χ0v) is 14.1. The van der Waals surface area contributed by atoms with E-state index in [0.717, 1.165) is 16.7 Å². The first-order valence-electron chi connectivity index (χ1n) is 7.06. The summed E-state index contributed by atoms with van der Waals surface area (Å²) in [6, 6.07) is 0. The van der Waals surface area contributed by atoms with Gasteiger partial charge in [0.15, 0.2) is 0 Å². The van der Waals surface area contributed by atoms with E-state index in [1.54, 1.807) is 13.8 Å². The summed E-state index contributed by atoms with van der Waals surface area (Å²) in [5, 5.41) is 8.70. The van der Waals surface area contributed by atoms with Crippen molar-refractivity contribution in [3.8, 4) is 0 Å². The molecule has 4 nitrogen and oxygen atoms in total. The zero-order chi connectivity index (χ0) is 16.4. The summed E-state index contributed by atoms with van der Waals surface area (Å²) in [5.74, 6) is -1.09. The van der Waals surface area contributed by atoms with E-state index in [0.29, 0.717) is 6.42 Å². The molecule has 0 radical (unpaired) electrons. The van der Waals surface area contributed by atoms with Crippen molar-refractivity contribution in [3.05, 3.63) is 34.9 Å². The molecule has 1 rings (SSSR count). The van der Waals surface area contributed by atoms with Gasteiger partial charge in [-0.2, -0.15) is 0 Å². The number of thiol groups is 1. The van der Waals surface area contributed by atoms with Gasteiger partial charge in [0.05, 0.1) is 10.7 Å². The highest BCUT2D eigenvalue weighted by Crippen LogP contribution is 2.39. The van der Waals surface area contributed by atoms with Crippen LogP contribution in [0.25, 0.3) is 0 Å². The predicted octanol–water partition coefficient (Wildman–Crippen LogP) is 2.94. The summed E-state index contributed by atoms with van der Waals surface area (Å²) >= 11 is 0. The summed E-state index contributed by atoms with van der Waals surface area (Å²) in [6.07, 6.45) is 6.00. The molecule has 21 heavy (non-hydrogen) atoms. The highest BCUT2D eigenvalue weighted by atomic mass is 32.2. The third kappa shape index (κ3) is 3.64. The van der Waals surface area contributed by atoms with Gasteiger partial charge in [0.1, 0.15) is 10.7 Å². The van der Waals surface area contributed by atoms with Gasteiger partial charge in [-0.1, -0.05) is 30.7 Å². The van der Waals surface area contributed by atoms with Gasteiger partial charge in [0.25, 0.3) is 0 Å². The van der Waals surface area contributed by atoms with E-state index in [2.05, 4.69) is 0 Å². The van der Waals surface area contributed by atoms with E-state index in [4.69, 9.17) is 0 Å². The second-order valence-corrected chi connectivity index (χ2v) is 7.22. The second-order valence-electron chi connectivity index (χ2n) is 6.09. The number of carboxylic acids is 1. The summed E-state index contributed by atoms with van der Waals surface area (Å²) in [4.78, 5) is 11.3. The fourth-order valence-corrected chi connectivity index (χ4v) is 3.82. The number of aliphatic carboxylic acids is 1. The van der Waals surface area contributed by atoms with Crippen molar-refractivity contribution in [3.63, 3.8) is 0 Å². The van der Waals surface area contributed by atoms with E-state index in [9.17, 15) is 18.3 Å². The molecule has 0 heterocycles. The molecule has 0 fully saturated rings. The third-order valence-corrected chi connectivity index (χ3v) is 5.31. The first-order chi connectivity index (χ1) is 9.65.